The van der Waals surface area contributed by atoms with Crippen molar-refractivity contribution in [2.24, 2.45) is 5.73 Å². The Balaban J connectivity index is 2.01. The maximum Gasteiger partial charge on any atom is 0.269 e. The summed E-state index contributed by atoms with van der Waals surface area (Å²) in [6, 6.07) is 14.1. The van der Waals surface area contributed by atoms with Gasteiger partial charge in [0.15, 0.2) is 0 Å². The first kappa shape index (κ1) is 20.4. The summed E-state index contributed by atoms with van der Waals surface area (Å²) in [6.07, 6.45) is 0.177. The van der Waals surface area contributed by atoms with E-state index in [9.17, 15) is 25.0 Å². The molecule has 0 bridgehead atoms. The van der Waals surface area contributed by atoms with Gasteiger partial charge in [-0.2, -0.15) is 5.26 Å². The molecule has 1 heterocycles. The second-order valence-corrected chi connectivity index (χ2v) is 7.67. The first-order valence-electron chi connectivity index (χ1n) is 8.25. The number of carbonyl (C=O) groups is 2. The van der Waals surface area contributed by atoms with Gasteiger partial charge in [-0.15, -0.1) is 0 Å². The van der Waals surface area contributed by atoms with Gasteiger partial charge in [0, 0.05) is 22.8 Å². The third kappa shape index (κ3) is 4.23. The fraction of sp³-hybridized carbons (Fsp3) is 0.105. The van der Waals surface area contributed by atoms with Crippen molar-refractivity contribution in [2.45, 2.75) is 11.7 Å². The fourth-order valence-electron chi connectivity index (χ4n) is 2.84. The molecule has 2 amide bonds. The molecular weight excluding hydrogens is 416 g/mol. The highest BCUT2D eigenvalue weighted by atomic mass is 35.5. The number of anilines is 1. The van der Waals surface area contributed by atoms with E-state index in [1.54, 1.807) is 36.4 Å². The molecule has 1 aliphatic rings. The molecule has 8 nitrogen and oxygen atoms in total. The first-order chi connectivity index (χ1) is 13.8. The number of primary amides is 1. The summed E-state index contributed by atoms with van der Waals surface area (Å²) in [5.74, 6) is -1.31. The summed E-state index contributed by atoms with van der Waals surface area (Å²) in [7, 11) is 0. The maximum atomic E-state index is 13.1. The second kappa shape index (κ2) is 8.34. The Labute approximate surface area is 174 Å². The van der Waals surface area contributed by atoms with Crippen molar-refractivity contribution < 1.29 is 14.5 Å². The van der Waals surface area contributed by atoms with E-state index in [0.29, 0.717) is 16.3 Å². The number of nitro groups is 1. The number of amides is 2. The van der Waals surface area contributed by atoms with Gasteiger partial charge < -0.3 is 5.73 Å². The number of rotatable bonds is 5. The van der Waals surface area contributed by atoms with Crippen molar-refractivity contribution in [1.82, 2.24) is 0 Å². The van der Waals surface area contributed by atoms with Gasteiger partial charge in [0.05, 0.1) is 10.2 Å². The summed E-state index contributed by atoms with van der Waals surface area (Å²) in [5.41, 5.74) is 5.91. The number of nitriles is 1. The van der Waals surface area contributed by atoms with Gasteiger partial charge in [0.25, 0.3) is 11.6 Å². The van der Waals surface area contributed by atoms with E-state index < -0.39 is 16.1 Å². The van der Waals surface area contributed by atoms with Crippen molar-refractivity contribution in [3.63, 3.8) is 0 Å². The first-order valence-corrected chi connectivity index (χ1v) is 9.51. The maximum absolute atomic E-state index is 13.1. The number of hydrogen-bond donors (Lipinski definition) is 1. The van der Waals surface area contributed by atoms with Crippen LogP contribution in [-0.4, -0.2) is 22.0 Å². The lowest BCUT2D eigenvalue weighted by Gasteiger charge is -2.18. The third-order valence-corrected chi connectivity index (χ3v) is 5.67. The SMILES string of the molecule is N#C/C(C(N)=O)=C1/SC(Cc2cccc([N+](=O)[O-])c2)C(=O)N1c1ccc(Cl)cc1. The van der Waals surface area contributed by atoms with Crippen molar-refractivity contribution in [1.29, 1.82) is 5.26 Å². The van der Waals surface area contributed by atoms with Gasteiger partial charge in [-0.25, -0.2) is 0 Å². The van der Waals surface area contributed by atoms with Crippen LogP contribution in [0.4, 0.5) is 11.4 Å². The Bertz CT molecular complexity index is 1080. The van der Waals surface area contributed by atoms with Gasteiger partial charge >= 0.3 is 0 Å². The van der Waals surface area contributed by atoms with Gasteiger partial charge in [0.2, 0.25) is 5.91 Å². The molecule has 1 unspecified atom stereocenters. The molecule has 0 radical (unpaired) electrons. The lowest BCUT2D eigenvalue weighted by Crippen LogP contribution is -2.31. The summed E-state index contributed by atoms with van der Waals surface area (Å²) in [4.78, 5) is 36.6. The fourth-order valence-corrected chi connectivity index (χ4v) is 4.28. The number of nitro benzene ring substituents is 1. The quantitative estimate of drug-likeness (QED) is 0.337. The number of nitrogens with two attached hydrogens (primary N) is 1. The Hall–Kier alpha value is -3.35. The largest absolute Gasteiger partial charge is 0.365 e. The number of carbonyl (C=O) groups excluding carboxylic acids is 2. The summed E-state index contributed by atoms with van der Waals surface area (Å²) in [5, 5.41) is 20.3. The highest BCUT2D eigenvalue weighted by Gasteiger charge is 2.40. The molecule has 1 fully saturated rings. The zero-order valence-corrected chi connectivity index (χ0v) is 16.3. The van der Waals surface area contributed by atoms with Crippen LogP contribution in [0.2, 0.25) is 5.02 Å². The minimum Gasteiger partial charge on any atom is -0.365 e. The van der Waals surface area contributed by atoms with Crippen molar-refractivity contribution in [3.05, 3.63) is 79.8 Å². The van der Waals surface area contributed by atoms with E-state index in [1.807, 2.05) is 0 Å². The van der Waals surface area contributed by atoms with Crippen molar-refractivity contribution >= 4 is 46.6 Å². The molecule has 2 N–H and O–H groups in total. The van der Waals surface area contributed by atoms with Crippen LogP contribution in [-0.2, 0) is 16.0 Å². The van der Waals surface area contributed by atoms with Crippen LogP contribution in [0.1, 0.15) is 5.56 Å². The smallest absolute Gasteiger partial charge is 0.269 e. The highest BCUT2D eigenvalue weighted by Crippen LogP contribution is 2.42. The molecule has 0 saturated carbocycles. The number of hydrogen-bond acceptors (Lipinski definition) is 6. The molecule has 1 saturated heterocycles. The van der Waals surface area contributed by atoms with Crippen LogP contribution in [0.25, 0.3) is 0 Å². The van der Waals surface area contributed by atoms with Crippen molar-refractivity contribution in [3.8, 4) is 6.07 Å². The molecule has 1 aliphatic heterocycles. The summed E-state index contributed by atoms with van der Waals surface area (Å²) < 4.78 is 0. The van der Waals surface area contributed by atoms with Crippen molar-refractivity contribution in [2.75, 3.05) is 4.90 Å². The topological polar surface area (TPSA) is 130 Å². The van der Waals surface area contributed by atoms with Crippen LogP contribution >= 0.6 is 23.4 Å². The average Bonchev–Trinajstić information content (AvgIpc) is 2.99. The lowest BCUT2D eigenvalue weighted by atomic mass is 10.1. The van der Waals surface area contributed by atoms with Gasteiger partial charge in [-0.05, 0) is 36.2 Å². The molecule has 29 heavy (non-hydrogen) atoms. The highest BCUT2D eigenvalue weighted by molar-refractivity contribution is 8.05. The molecule has 2 aromatic rings. The third-order valence-electron chi connectivity index (χ3n) is 4.15. The predicted molar refractivity (Wildman–Crippen MR) is 109 cm³/mol. The Kier molecular flexibility index (Phi) is 5.87. The molecule has 0 spiro atoms. The standard InChI is InChI=1S/C19H13ClN4O4S/c20-12-4-6-13(7-5-12)23-18(26)16(29-19(23)15(10-21)17(22)25)9-11-2-1-3-14(8-11)24(27)28/h1-8,16H,9H2,(H2,22,25)/b19-15-. The Morgan fingerprint density at radius 2 is 2.00 bits per heavy atom. The van der Waals surface area contributed by atoms with Gasteiger partial charge in [-0.3, -0.25) is 24.6 Å². The van der Waals surface area contributed by atoms with E-state index in [4.69, 9.17) is 17.3 Å². The second-order valence-electron chi connectivity index (χ2n) is 6.04. The number of nitrogens with zero attached hydrogens (tertiary/aromatic N) is 3. The van der Waals surface area contributed by atoms with E-state index in [2.05, 4.69) is 0 Å². The predicted octanol–water partition coefficient (Wildman–Crippen LogP) is 3.16. The zero-order valence-electron chi connectivity index (χ0n) is 14.7. The van der Waals surface area contributed by atoms with Crippen LogP contribution in [0, 0.1) is 21.4 Å². The number of benzene rings is 2. The normalized spacial score (nSPS) is 17.7. The summed E-state index contributed by atoms with van der Waals surface area (Å²) in [6.45, 7) is 0. The number of thioether (sulfide) groups is 1. The minimum absolute atomic E-state index is 0.0851. The molecule has 3 rings (SSSR count). The molecule has 0 aromatic heterocycles. The molecular formula is C19H13ClN4O4S. The average molecular weight is 429 g/mol. The van der Waals surface area contributed by atoms with Gasteiger partial charge in [-0.1, -0.05) is 35.5 Å². The van der Waals surface area contributed by atoms with E-state index >= 15 is 0 Å². The molecule has 146 valence electrons. The van der Waals surface area contributed by atoms with E-state index in [-0.39, 0.29) is 28.6 Å². The zero-order chi connectivity index (χ0) is 21.1. The Morgan fingerprint density at radius 1 is 1.31 bits per heavy atom. The van der Waals surface area contributed by atoms with E-state index in [1.165, 1.54) is 23.1 Å². The molecule has 2 aromatic carbocycles. The lowest BCUT2D eigenvalue weighted by molar-refractivity contribution is -0.384. The summed E-state index contributed by atoms with van der Waals surface area (Å²) >= 11 is 6.93. The Morgan fingerprint density at radius 3 is 2.59 bits per heavy atom. The molecule has 0 aliphatic carbocycles. The number of halogens is 1. The van der Waals surface area contributed by atoms with Crippen LogP contribution < -0.4 is 10.6 Å². The van der Waals surface area contributed by atoms with Crippen LogP contribution in [0.15, 0.2) is 59.1 Å². The van der Waals surface area contributed by atoms with E-state index in [0.717, 1.165) is 11.8 Å². The monoisotopic (exact) mass is 428 g/mol. The molecule has 1 atom stereocenters. The van der Waals surface area contributed by atoms with Gasteiger partial charge in [0.1, 0.15) is 16.7 Å². The minimum atomic E-state index is -0.947. The number of non-ortho nitro benzene ring substituents is 1. The van der Waals surface area contributed by atoms with Crippen LogP contribution in [0.5, 0.6) is 0 Å². The molecule has 10 heteroatoms. The van der Waals surface area contributed by atoms with Crippen LogP contribution in [0.3, 0.4) is 0 Å².